The van der Waals surface area contributed by atoms with Crippen LogP contribution < -0.4 is 15.4 Å². The Bertz CT molecular complexity index is 1310. The molecule has 1 heterocycles. The van der Waals surface area contributed by atoms with Crippen molar-refractivity contribution in [2.24, 2.45) is 5.92 Å². The molecule has 11 nitrogen and oxygen atoms in total. The number of hydrogen-bond acceptors (Lipinski definition) is 7. The van der Waals surface area contributed by atoms with Crippen molar-refractivity contribution in [1.29, 1.82) is 0 Å². The lowest BCUT2D eigenvalue weighted by Gasteiger charge is -2.36. The molecule has 3 N–H and O–H groups in total. The number of ether oxygens (including phenoxy) is 2. The van der Waals surface area contributed by atoms with Gasteiger partial charge in [0.1, 0.15) is 11.6 Å². The summed E-state index contributed by atoms with van der Waals surface area (Å²) in [5.41, 5.74) is 1.01. The normalized spacial score (nSPS) is 20.1. The van der Waals surface area contributed by atoms with Crippen LogP contribution in [0.15, 0.2) is 42.5 Å². The zero-order chi connectivity index (χ0) is 34.5. The predicted octanol–water partition coefficient (Wildman–Crippen LogP) is 5.07. The van der Waals surface area contributed by atoms with Gasteiger partial charge in [-0.2, -0.15) is 0 Å². The lowest BCUT2D eigenvalue weighted by atomic mass is 10.0. The van der Waals surface area contributed by atoms with Gasteiger partial charge in [-0.3, -0.25) is 9.59 Å². The van der Waals surface area contributed by atoms with E-state index >= 15 is 0 Å². The van der Waals surface area contributed by atoms with Gasteiger partial charge < -0.3 is 39.9 Å². The lowest BCUT2D eigenvalue weighted by Crippen LogP contribution is -2.48. The number of nitrogens with one attached hydrogen (secondary N) is 2. The molecule has 0 aliphatic carbocycles. The van der Waals surface area contributed by atoms with E-state index in [1.165, 1.54) is 24.3 Å². The molecule has 1 aliphatic heterocycles. The summed E-state index contributed by atoms with van der Waals surface area (Å²) in [7, 11) is 5.75. The molecule has 0 unspecified atom stereocenters. The fourth-order valence-electron chi connectivity index (χ4n) is 5.40. The Morgan fingerprint density at radius 2 is 1.74 bits per heavy atom. The molecule has 0 radical (unpaired) electrons. The van der Waals surface area contributed by atoms with Gasteiger partial charge in [0.25, 0.3) is 5.91 Å². The highest BCUT2D eigenvalue weighted by atomic mass is 19.1. The maximum absolute atomic E-state index is 14.3. The number of benzene rings is 2. The molecule has 0 bridgehead atoms. The molecule has 0 saturated heterocycles. The summed E-state index contributed by atoms with van der Waals surface area (Å²) in [6, 6.07) is 9.17. The number of carbonyl (C=O) groups excluding carboxylic acids is 3. The van der Waals surface area contributed by atoms with Gasteiger partial charge >= 0.3 is 6.03 Å². The van der Waals surface area contributed by atoms with Crippen molar-refractivity contribution in [3.63, 3.8) is 0 Å². The fourth-order valence-corrected chi connectivity index (χ4v) is 5.40. The number of aliphatic hydroxyl groups excluding tert-OH is 1. The summed E-state index contributed by atoms with van der Waals surface area (Å²) in [5.74, 6) is -0.546. The Balaban J connectivity index is 1.87. The van der Waals surface area contributed by atoms with E-state index in [0.29, 0.717) is 36.7 Å². The molecule has 4 amide bonds. The Morgan fingerprint density at radius 1 is 1.06 bits per heavy atom. The molecule has 2 aromatic rings. The number of rotatable bonds is 10. The number of carbonyl (C=O) groups is 3. The quantitative estimate of drug-likeness (QED) is 0.326. The number of urea groups is 1. The number of hydrogen-bond donors (Lipinski definition) is 3. The fraction of sp³-hybridized carbons (Fsp3) is 0.571. The predicted molar refractivity (Wildman–Crippen MR) is 181 cm³/mol. The van der Waals surface area contributed by atoms with Crippen LogP contribution in [0.1, 0.15) is 63.2 Å². The molecule has 0 fully saturated rings. The Labute approximate surface area is 278 Å². The standard InChI is InChI=1S/C35H52FN5O6/c1-24-21-41(25(2)23-42)34(44)30-20-29(38-35(45)37-28-14-12-27(36)13-15-28)16-17-31(30)47-26(3)10-7-8-19-46-32(24)22-40(6)33(43)11-9-18-39(4)5/h12-17,20,24-26,32,42H,7-11,18-19,21-23H2,1-6H3,(H2,37,38,45)/t24-,25+,26+,32-/m1/s1. The first kappa shape index (κ1) is 37.7. The second-order valence-electron chi connectivity index (χ2n) is 12.8. The van der Waals surface area contributed by atoms with Crippen LogP contribution in [-0.4, -0.2) is 110 Å². The van der Waals surface area contributed by atoms with Crippen molar-refractivity contribution < 1.29 is 33.4 Å². The van der Waals surface area contributed by atoms with Crippen LogP contribution in [0.2, 0.25) is 0 Å². The highest BCUT2D eigenvalue weighted by molar-refractivity contribution is 6.02. The van der Waals surface area contributed by atoms with Crippen LogP contribution in [0.5, 0.6) is 5.75 Å². The SMILES string of the molecule is C[C@@H]1CN([C@@H](C)CO)C(=O)c2cc(NC(=O)Nc3ccc(F)cc3)ccc2O[C@@H](C)CCCCO[C@@H]1CN(C)C(=O)CCCN(C)C. The van der Waals surface area contributed by atoms with Crippen LogP contribution in [0, 0.1) is 11.7 Å². The first-order chi connectivity index (χ1) is 22.4. The first-order valence-corrected chi connectivity index (χ1v) is 16.4. The van der Waals surface area contributed by atoms with Gasteiger partial charge in [-0.1, -0.05) is 6.92 Å². The van der Waals surface area contributed by atoms with E-state index in [4.69, 9.17) is 9.47 Å². The molecule has 47 heavy (non-hydrogen) atoms. The number of likely N-dealkylation sites (N-methyl/N-ethyl adjacent to an activating group) is 1. The molecular formula is C35H52FN5O6. The van der Waals surface area contributed by atoms with Crippen LogP contribution in [0.25, 0.3) is 0 Å². The van der Waals surface area contributed by atoms with Crippen LogP contribution >= 0.6 is 0 Å². The summed E-state index contributed by atoms with van der Waals surface area (Å²) in [6.07, 6.45) is 3.06. The maximum atomic E-state index is 14.3. The molecular weight excluding hydrogens is 605 g/mol. The zero-order valence-electron chi connectivity index (χ0n) is 28.6. The topological polar surface area (TPSA) is 124 Å². The minimum Gasteiger partial charge on any atom is -0.490 e. The van der Waals surface area contributed by atoms with Crippen LogP contribution in [0.3, 0.4) is 0 Å². The summed E-state index contributed by atoms with van der Waals surface area (Å²) in [4.78, 5) is 45.3. The minimum absolute atomic E-state index is 0.0436. The van der Waals surface area contributed by atoms with E-state index in [0.717, 1.165) is 32.2 Å². The molecule has 2 aromatic carbocycles. The van der Waals surface area contributed by atoms with Gasteiger partial charge in [0.05, 0.1) is 30.4 Å². The number of halogens is 1. The largest absolute Gasteiger partial charge is 0.490 e. The van der Waals surface area contributed by atoms with E-state index in [1.807, 2.05) is 27.9 Å². The molecule has 260 valence electrons. The summed E-state index contributed by atoms with van der Waals surface area (Å²) >= 11 is 0. The summed E-state index contributed by atoms with van der Waals surface area (Å²) in [6.45, 7) is 7.41. The van der Waals surface area contributed by atoms with Crippen molar-refractivity contribution in [3.05, 3.63) is 53.8 Å². The third-order valence-corrected chi connectivity index (χ3v) is 8.29. The Hall–Kier alpha value is -3.74. The number of fused-ring (bicyclic) bond motifs is 1. The molecule has 3 rings (SSSR count). The van der Waals surface area contributed by atoms with Gasteiger partial charge in [-0.05, 0) is 103 Å². The molecule has 4 atom stereocenters. The zero-order valence-corrected chi connectivity index (χ0v) is 28.6. The third-order valence-electron chi connectivity index (χ3n) is 8.29. The number of amides is 4. The maximum Gasteiger partial charge on any atom is 0.323 e. The highest BCUT2D eigenvalue weighted by Crippen LogP contribution is 2.29. The highest BCUT2D eigenvalue weighted by Gasteiger charge is 2.31. The second kappa shape index (κ2) is 18.6. The molecule has 0 saturated carbocycles. The van der Waals surface area contributed by atoms with Crippen molar-refractivity contribution in [2.75, 3.05) is 64.6 Å². The average molecular weight is 658 g/mol. The van der Waals surface area contributed by atoms with Gasteiger partial charge in [-0.15, -0.1) is 0 Å². The van der Waals surface area contributed by atoms with Crippen molar-refractivity contribution >= 4 is 29.2 Å². The van der Waals surface area contributed by atoms with E-state index in [-0.39, 0.29) is 48.7 Å². The molecule has 0 aromatic heterocycles. The first-order valence-electron chi connectivity index (χ1n) is 16.4. The summed E-state index contributed by atoms with van der Waals surface area (Å²) in [5, 5.41) is 15.6. The van der Waals surface area contributed by atoms with Crippen LogP contribution in [0.4, 0.5) is 20.6 Å². The van der Waals surface area contributed by atoms with E-state index in [9.17, 15) is 23.9 Å². The Morgan fingerprint density at radius 3 is 2.43 bits per heavy atom. The Kier molecular flexibility index (Phi) is 14.9. The number of nitrogens with zero attached hydrogens (tertiary/aromatic N) is 3. The van der Waals surface area contributed by atoms with Gasteiger partial charge in [0, 0.05) is 50.5 Å². The van der Waals surface area contributed by atoms with E-state index < -0.39 is 17.9 Å². The minimum atomic E-state index is -0.561. The molecule has 12 heteroatoms. The van der Waals surface area contributed by atoms with Crippen molar-refractivity contribution in [1.82, 2.24) is 14.7 Å². The molecule has 0 spiro atoms. The van der Waals surface area contributed by atoms with E-state index in [2.05, 4.69) is 15.5 Å². The van der Waals surface area contributed by atoms with Gasteiger partial charge in [-0.25, -0.2) is 9.18 Å². The second-order valence-corrected chi connectivity index (χ2v) is 12.8. The number of aliphatic hydroxyl groups is 1. The number of anilines is 2. The van der Waals surface area contributed by atoms with Gasteiger partial charge in [0.2, 0.25) is 5.91 Å². The third kappa shape index (κ3) is 12.1. The summed E-state index contributed by atoms with van der Waals surface area (Å²) < 4.78 is 25.9. The average Bonchev–Trinajstić information content (AvgIpc) is 3.03. The van der Waals surface area contributed by atoms with Crippen molar-refractivity contribution in [2.45, 2.75) is 71.1 Å². The van der Waals surface area contributed by atoms with Crippen molar-refractivity contribution in [3.8, 4) is 5.75 Å². The molecule has 1 aliphatic rings. The smallest absolute Gasteiger partial charge is 0.323 e. The monoisotopic (exact) mass is 657 g/mol. The van der Waals surface area contributed by atoms with E-state index in [1.54, 1.807) is 42.0 Å². The van der Waals surface area contributed by atoms with Crippen LogP contribution in [-0.2, 0) is 9.53 Å². The van der Waals surface area contributed by atoms with Gasteiger partial charge in [0.15, 0.2) is 0 Å². The lowest BCUT2D eigenvalue weighted by molar-refractivity contribution is -0.132.